The smallest absolute Gasteiger partial charge is 0.132 e. The van der Waals surface area contributed by atoms with E-state index in [0.29, 0.717) is 0 Å². The molecule has 0 radical (unpaired) electrons. The number of hydrogen-bond acceptors (Lipinski definition) is 4. The van der Waals surface area contributed by atoms with Gasteiger partial charge in [-0.1, -0.05) is 176 Å². The molecule has 0 saturated carbocycles. The molecule has 0 aromatic heterocycles. The van der Waals surface area contributed by atoms with Gasteiger partial charge in [0, 0.05) is 11.3 Å². The molecule has 4 heteroatoms. The third-order valence-corrected chi connectivity index (χ3v) is 11.8. The number of fused-ring (bicyclic) bond motifs is 9. The molecule has 2 N–H and O–H groups in total. The molecule has 8 aromatic carbocycles. The highest BCUT2D eigenvalue weighted by Gasteiger charge is 2.51. The van der Waals surface area contributed by atoms with Crippen molar-refractivity contribution in [1.82, 2.24) is 10.6 Å². The van der Waals surface area contributed by atoms with Gasteiger partial charge in [0.1, 0.15) is 18.2 Å². The predicted molar refractivity (Wildman–Crippen MR) is 229 cm³/mol. The van der Waals surface area contributed by atoms with Crippen LogP contribution in [0.1, 0.15) is 51.3 Å². The van der Waals surface area contributed by atoms with Gasteiger partial charge in [-0.3, -0.25) is 5.32 Å². The Bertz CT molecular complexity index is 2730. The fourth-order valence-corrected chi connectivity index (χ4v) is 9.39. The zero-order valence-corrected chi connectivity index (χ0v) is 30.7. The summed E-state index contributed by atoms with van der Waals surface area (Å²) in [6, 6.07) is 74.7. The molecule has 0 bridgehead atoms. The normalized spacial score (nSPS) is 17.2. The minimum atomic E-state index is -0.531. The van der Waals surface area contributed by atoms with Crippen LogP contribution in [0.4, 0.5) is 17.1 Å². The van der Waals surface area contributed by atoms with Gasteiger partial charge in [-0.25, -0.2) is 4.99 Å². The fourth-order valence-electron chi connectivity index (χ4n) is 9.39. The molecule has 1 spiro atoms. The number of nitrogens with one attached hydrogen (secondary N) is 2. The molecule has 56 heavy (non-hydrogen) atoms. The first-order valence-corrected chi connectivity index (χ1v) is 19.4. The van der Waals surface area contributed by atoms with Crippen molar-refractivity contribution in [3.63, 3.8) is 0 Å². The lowest BCUT2D eigenvalue weighted by Gasteiger charge is -2.45. The molecule has 2 atom stereocenters. The third kappa shape index (κ3) is 4.93. The van der Waals surface area contributed by atoms with Gasteiger partial charge in [0.25, 0.3) is 0 Å². The molecule has 0 saturated heterocycles. The molecule has 0 amide bonds. The summed E-state index contributed by atoms with van der Waals surface area (Å²) in [6.45, 7) is 0. The van der Waals surface area contributed by atoms with E-state index >= 15 is 0 Å². The Morgan fingerprint density at radius 1 is 0.429 bits per heavy atom. The minimum Gasteiger partial charge on any atom is -0.350 e. The Balaban J connectivity index is 1.12. The molecule has 0 fully saturated rings. The summed E-state index contributed by atoms with van der Waals surface area (Å²) in [5, 5.41) is 7.56. The second kappa shape index (κ2) is 13.1. The summed E-state index contributed by atoms with van der Waals surface area (Å²) in [7, 11) is 0. The highest BCUT2D eigenvalue weighted by atomic mass is 15.3. The maximum absolute atomic E-state index is 5.36. The van der Waals surface area contributed by atoms with Crippen LogP contribution in [-0.2, 0) is 5.41 Å². The highest BCUT2D eigenvalue weighted by Crippen LogP contribution is 2.63. The summed E-state index contributed by atoms with van der Waals surface area (Å²) in [5.41, 5.74) is 16.4. The number of aliphatic imine (C=N–C) groups is 1. The van der Waals surface area contributed by atoms with Crippen LogP contribution in [-0.4, -0.2) is 5.84 Å². The van der Waals surface area contributed by atoms with Gasteiger partial charge in [0.05, 0.1) is 16.8 Å². The van der Waals surface area contributed by atoms with Crippen molar-refractivity contribution in [3.05, 3.63) is 245 Å². The number of rotatable bonds is 5. The van der Waals surface area contributed by atoms with Crippen LogP contribution in [0.5, 0.6) is 0 Å². The largest absolute Gasteiger partial charge is 0.350 e. The molecule has 2 unspecified atom stereocenters. The Labute approximate surface area is 327 Å². The van der Waals surface area contributed by atoms with Crippen molar-refractivity contribution in [3.8, 4) is 22.3 Å². The van der Waals surface area contributed by atoms with E-state index in [1.807, 2.05) is 0 Å². The number of amidine groups is 1. The fraction of sp³-hybridized carbons (Fsp3) is 0.0577. The van der Waals surface area contributed by atoms with E-state index in [1.54, 1.807) is 0 Å². The number of para-hydroxylation sites is 3. The lowest BCUT2D eigenvalue weighted by molar-refractivity contribution is 0.409. The molecule has 3 aliphatic rings. The standard InChI is InChI=1S/C52H38N4/c1-4-18-35(19-5-1)49-53-50(36-20-6-2-7-21-36)55-51(54-49)42-26-11-10-24-39(42)37-32-33-41-40-25-12-13-27-43(40)52(46(41)34-37)44-28-14-16-30-47(44)56(38-22-8-3-9-23-38)48-31-17-15-29-45(48)52/h1-34,49-50,53H,(H,54,55). The maximum atomic E-state index is 5.36. The van der Waals surface area contributed by atoms with Crippen molar-refractivity contribution in [1.29, 1.82) is 0 Å². The summed E-state index contributed by atoms with van der Waals surface area (Å²) in [4.78, 5) is 7.79. The van der Waals surface area contributed by atoms with E-state index < -0.39 is 5.41 Å². The Morgan fingerprint density at radius 3 is 1.62 bits per heavy atom. The molecular formula is C52H38N4. The summed E-state index contributed by atoms with van der Waals surface area (Å²) in [6.07, 6.45) is -0.339. The molecule has 4 nitrogen and oxygen atoms in total. The van der Waals surface area contributed by atoms with Gasteiger partial charge in [-0.05, 0) is 86.0 Å². The maximum Gasteiger partial charge on any atom is 0.132 e. The van der Waals surface area contributed by atoms with Crippen molar-refractivity contribution in [2.24, 2.45) is 4.99 Å². The van der Waals surface area contributed by atoms with Crippen LogP contribution >= 0.6 is 0 Å². The number of benzene rings is 8. The van der Waals surface area contributed by atoms with Crippen molar-refractivity contribution in [2.45, 2.75) is 17.7 Å². The quantitative estimate of drug-likeness (QED) is 0.186. The Kier molecular flexibility index (Phi) is 7.58. The first-order valence-electron chi connectivity index (χ1n) is 19.4. The first kappa shape index (κ1) is 32.4. The lowest BCUT2D eigenvalue weighted by atomic mass is 9.64. The zero-order valence-electron chi connectivity index (χ0n) is 30.7. The van der Waals surface area contributed by atoms with Gasteiger partial charge in [-0.15, -0.1) is 0 Å². The second-order valence-electron chi connectivity index (χ2n) is 14.8. The van der Waals surface area contributed by atoms with E-state index in [-0.39, 0.29) is 12.3 Å². The molecule has 266 valence electrons. The summed E-state index contributed by atoms with van der Waals surface area (Å²) < 4.78 is 0. The van der Waals surface area contributed by atoms with E-state index in [9.17, 15) is 0 Å². The molecular weight excluding hydrogens is 681 g/mol. The van der Waals surface area contributed by atoms with Crippen LogP contribution in [0.15, 0.2) is 211 Å². The molecule has 2 aliphatic heterocycles. The average Bonchev–Trinajstić information content (AvgIpc) is 3.57. The van der Waals surface area contributed by atoms with E-state index in [4.69, 9.17) is 4.99 Å². The van der Waals surface area contributed by atoms with E-state index in [2.05, 4.69) is 222 Å². The highest BCUT2D eigenvalue weighted by molar-refractivity contribution is 6.06. The zero-order chi connectivity index (χ0) is 37.1. The van der Waals surface area contributed by atoms with Crippen LogP contribution in [0.25, 0.3) is 22.3 Å². The van der Waals surface area contributed by atoms with Gasteiger partial charge in [-0.2, -0.15) is 0 Å². The van der Waals surface area contributed by atoms with Crippen molar-refractivity contribution < 1.29 is 0 Å². The van der Waals surface area contributed by atoms with Gasteiger partial charge in [0.2, 0.25) is 0 Å². The van der Waals surface area contributed by atoms with Crippen LogP contribution in [0.2, 0.25) is 0 Å². The predicted octanol–water partition coefficient (Wildman–Crippen LogP) is 11.8. The molecule has 11 rings (SSSR count). The monoisotopic (exact) mass is 718 g/mol. The topological polar surface area (TPSA) is 39.7 Å². The van der Waals surface area contributed by atoms with Gasteiger partial charge < -0.3 is 10.2 Å². The third-order valence-electron chi connectivity index (χ3n) is 11.8. The van der Waals surface area contributed by atoms with E-state index in [1.165, 1.54) is 44.8 Å². The number of nitrogens with zero attached hydrogens (tertiary/aromatic N) is 2. The second-order valence-corrected chi connectivity index (χ2v) is 14.8. The summed E-state index contributed by atoms with van der Waals surface area (Å²) >= 11 is 0. The lowest BCUT2D eigenvalue weighted by Crippen LogP contribution is -2.45. The number of hydrogen-bond donors (Lipinski definition) is 2. The first-order chi connectivity index (χ1) is 27.8. The molecule has 2 heterocycles. The number of anilines is 3. The van der Waals surface area contributed by atoms with E-state index in [0.717, 1.165) is 39.3 Å². The SMILES string of the molecule is c1ccc(C2N=C(c3ccccc3-c3ccc4c(c3)C3(c5ccccc5-4)c4ccccc4N(c4ccccc4)c4ccccc43)NC(c3ccccc3)N2)cc1. The Hall–Kier alpha value is -7.01. The molecule has 1 aliphatic carbocycles. The Morgan fingerprint density at radius 2 is 0.946 bits per heavy atom. The van der Waals surface area contributed by atoms with Crippen LogP contribution in [0.3, 0.4) is 0 Å². The van der Waals surface area contributed by atoms with Crippen LogP contribution in [0, 0.1) is 0 Å². The minimum absolute atomic E-state index is 0.123. The van der Waals surface area contributed by atoms with Crippen molar-refractivity contribution in [2.75, 3.05) is 4.90 Å². The van der Waals surface area contributed by atoms with Crippen molar-refractivity contribution >= 4 is 22.9 Å². The molecule has 8 aromatic rings. The van der Waals surface area contributed by atoms with Gasteiger partial charge in [0.15, 0.2) is 0 Å². The average molecular weight is 719 g/mol. The van der Waals surface area contributed by atoms with Gasteiger partial charge >= 0.3 is 0 Å². The summed E-state index contributed by atoms with van der Waals surface area (Å²) in [5.74, 6) is 0.868. The van der Waals surface area contributed by atoms with Crippen LogP contribution < -0.4 is 15.5 Å².